The highest BCUT2D eigenvalue weighted by Gasteiger charge is 2.47. The highest BCUT2D eigenvalue weighted by Crippen LogP contribution is 2.45. The Balaban J connectivity index is 1.30. The van der Waals surface area contributed by atoms with Crippen molar-refractivity contribution in [3.05, 3.63) is 23.8 Å². The molecular weight excluding hydrogens is 426 g/mol. The summed E-state index contributed by atoms with van der Waals surface area (Å²) in [4.78, 5) is 38.4. The van der Waals surface area contributed by atoms with Crippen molar-refractivity contribution >= 4 is 29.3 Å². The molecule has 1 aromatic carbocycles. The molecule has 1 aromatic rings. The third-order valence-corrected chi connectivity index (χ3v) is 7.39. The molecule has 9 nitrogen and oxygen atoms in total. The average molecular weight is 458 g/mol. The average Bonchev–Trinajstić information content (AvgIpc) is 3.05. The number of carbonyl (C=O) groups is 3. The van der Waals surface area contributed by atoms with Crippen LogP contribution in [0.25, 0.3) is 0 Å². The fraction of sp³-hybridized carbons (Fsp3) is 0.625. The zero-order valence-electron chi connectivity index (χ0n) is 18.7. The third kappa shape index (κ3) is 4.44. The summed E-state index contributed by atoms with van der Waals surface area (Å²) < 4.78 is 15.8. The van der Waals surface area contributed by atoms with E-state index in [-0.39, 0.29) is 23.8 Å². The molecular formula is C24H31N3O6. The molecule has 9 heteroatoms. The maximum atomic E-state index is 13.3. The molecule has 4 aliphatic rings. The highest BCUT2D eigenvalue weighted by atomic mass is 16.6. The van der Waals surface area contributed by atoms with Crippen LogP contribution in [0.2, 0.25) is 0 Å². The van der Waals surface area contributed by atoms with Crippen LogP contribution in [-0.4, -0.2) is 56.5 Å². The summed E-state index contributed by atoms with van der Waals surface area (Å²) >= 11 is 0. The molecule has 0 aromatic heterocycles. The second-order valence-corrected chi connectivity index (χ2v) is 9.48. The number of anilines is 2. The number of rotatable bonds is 5. The Morgan fingerprint density at radius 2 is 1.85 bits per heavy atom. The molecule has 1 atom stereocenters. The van der Waals surface area contributed by atoms with E-state index in [2.05, 4.69) is 16.0 Å². The number of carbonyl (C=O) groups excluding carboxylic acids is 3. The van der Waals surface area contributed by atoms with Gasteiger partial charge in [-0.15, -0.1) is 0 Å². The van der Waals surface area contributed by atoms with E-state index in [0.29, 0.717) is 45.0 Å². The first-order valence-corrected chi connectivity index (χ1v) is 11.9. The number of fused-ring (bicyclic) bond motifs is 2. The Labute approximate surface area is 192 Å². The summed E-state index contributed by atoms with van der Waals surface area (Å²) in [5, 5.41) is 8.73. The summed E-state index contributed by atoms with van der Waals surface area (Å²) in [6.45, 7) is 1.90. The lowest BCUT2D eigenvalue weighted by molar-refractivity contribution is -0.124. The Kier molecular flexibility index (Phi) is 6.25. The van der Waals surface area contributed by atoms with Crippen molar-refractivity contribution in [3.63, 3.8) is 0 Å². The summed E-state index contributed by atoms with van der Waals surface area (Å²) in [7, 11) is 0. The van der Waals surface area contributed by atoms with Crippen molar-refractivity contribution < 1.29 is 28.6 Å². The van der Waals surface area contributed by atoms with Gasteiger partial charge in [0.2, 0.25) is 11.8 Å². The van der Waals surface area contributed by atoms with Gasteiger partial charge in [-0.05, 0) is 49.3 Å². The standard InChI is InChI=1S/C24H31N3O6/c28-21(20(15-4-2-1-3-5-15)27-23(30)33-17-13-32-14-17)25-16-6-7-18-19(12-16)26-22(29)24(18)8-10-31-11-9-24/h6-7,12,15,17,20H,1-5,8-11,13-14H2,(H,25,28)(H,26,29)(H,27,30)/t20-/m0/s1. The summed E-state index contributed by atoms with van der Waals surface area (Å²) in [5.74, 6) is -0.217. The van der Waals surface area contributed by atoms with Crippen molar-refractivity contribution in [2.75, 3.05) is 37.1 Å². The Bertz CT molecular complexity index is 919. The lowest BCUT2D eigenvalue weighted by Gasteiger charge is -2.32. The Hall–Kier alpha value is -2.65. The summed E-state index contributed by atoms with van der Waals surface area (Å²) in [6.07, 6.45) is 5.46. The van der Waals surface area contributed by atoms with E-state index >= 15 is 0 Å². The molecule has 3 N–H and O–H groups in total. The van der Waals surface area contributed by atoms with Crippen LogP contribution >= 0.6 is 0 Å². The van der Waals surface area contributed by atoms with Crippen molar-refractivity contribution in [1.82, 2.24) is 5.32 Å². The predicted octanol–water partition coefficient (Wildman–Crippen LogP) is 2.70. The molecule has 3 heterocycles. The predicted molar refractivity (Wildman–Crippen MR) is 120 cm³/mol. The monoisotopic (exact) mass is 457 g/mol. The minimum atomic E-state index is -0.677. The van der Waals surface area contributed by atoms with Crippen LogP contribution in [0.5, 0.6) is 0 Å². The number of hydrogen-bond acceptors (Lipinski definition) is 6. The van der Waals surface area contributed by atoms with Crippen LogP contribution in [0, 0.1) is 5.92 Å². The van der Waals surface area contributed by atoms with Crippen molar-refractivity contribution in [2.24, 2.45) is 5.92 Å². The molecule has 33 heavy (non-hydrogen) atoms. The lowest BCUT2D eigenvalue weighted by Crippen LogP contribution is -2.51. The lowest BCUT2D eigenvalue weighted by atomic mass is 9.75. The number of amides is 3. The minimum Gasteiger partial charge on any atom is -0.441 e. The number of hydrogen-bond donors (Lipinski definition) is 3. The molecule has 5 rings (SSSR count). The quantitative estimate of drug-likeness (QED) is 0.626. The van der Waals surface area contributed by atoms with E-state index in [0.717, 1.165) is 43.4 Å². The first kappa shape index (κ1) is 22.2. The summed E-state index contributed by atoms with van der Waals surface area (Å²) in [6, 6.07) is 4.87. The molecule has 0 unspecified atom stereocenters. The van der Waals surface area contributed by atoms with Gasteiger partial charge < -0.3 is 30.2 Å². The van der Waals surface area contributed by atoms with E-state index in [9.17, 15) is 14.4 Å². The molecule has 2 saturated heterocycles. The molecule has 3 amide bonds. The van der Waals surface area contributed by atoms with E-state index < -0.39 is 17.6 Å². The van der Waals surface area contributed by atoms with Crippen molar-refractivity contribution in [1.29, 1.82) is 0 Å². The molecule has 1 spiro atoms. The molecule has 178 valence electrons. The Morgan fingerprint density at radius 1 is 1.09 bits per heavy atom. The second-order valence-electron chi connectivity index (χ2n) is 9.48. The van der Waals surface area contributed by atoms with Crippen LogP contribution in [0.1, 0.15) is 50.5 Å². The topological polar surface area (TPSA) is 115 Å². The zero-order chi connectivity index (χ0) is 22.8. The number of nitrogens with one attached hydrogen (secondary N) is 3. The minimum absolute atomic E-state index is 0.00579. The van der Waals surface area contributed by atoms with Crippen molar-refractivity contribution in [3.8, 4) is 0 Å². The van der Waals surface area contributed by atoms with E-state index in [1.165, 1.54) is 0 Å². The van der Waals surface area contributed by atoms with Crippen molar-refractivity contribution in [2.45, 2.75) is 62.5 Å². The molecule has 1 aliphatic carbocycles. The van der Waals surface area contributed by atoms with Gasteiger partial charge in [-0.3, -0.25) is 9.59 Å². The van der Waals surface area contributed by atoms with Gasteiger partial charge in [0.1, 0.15) is 6.04 Å². The van der Waals surface area contributed by atoms with Crippen LogP contribution in [0.15, 0.2) is 18.2 Å². The fourth-order valence-corrected chi connectivity index (χ4v) is 5.40. The van der Waals surface area contributed by atoms with Gasteiger partial charge in [0.15, 0.2) is 6.10 Å². The number of ether oxygens (including phenoxy) is 3. The van der Waals surface area contributed by atoms with E-state index in [4.69, 9.17) is 14.2 Å². The second kappa shape index (κ2) is 9.30. The smallest absolute Gasteiger partial charge is 0.408 e. The first-order valence-electron chi connectivity index (χ1n) is 11.9. The highest BCUT2D eigenvalue weighted by molar-refractivity contribution is 6.07. The maximum Gasteiger partial charge on any atom is 0.408 e. The Morgan fingerprint density at radius 3 is 2.55 bits per heavy atom. The van der Waals surface area contributed by atoms with Gasteiger partial charge in [-0.25, -0.2) is 4.79 Å². The van der Waals surface area contributed by atoms with Gasteiger partial charge in [-0.1, -0.05) is 25.3 Å². The molecule has 0 bridgehead atoms. The summed E-state index contributed by atoms with van der Waals surface area (Å²) in [5.41, 5.74) is 1.73. The third-order valence-electron chi connectivity index (χ3n) is 7.39. The van der Waals surface area contributed by atoms with Gasteiger partial charge in [0.05, 0.1) is 18.6 Å². The van der Waals surface area contributed by atoms with Gasteiger partial charge in [0.25, 0.3) is 0 Å². The largest absolute Gasteiger partial charge is 0.441 e. The number of benzene rings is 1. The molecule has 0 radical (unpaired) electrons. The van der Waals surface area contributed by atoms with Crippen LogP contribution in [-0.2, 0) is 29.2 Å². The maximum absolute atomic E-state index is 13.3. The van der Waals surface area contributed by atoms with Gasteiger partial charge in [-0.2, -0.15) is 0 Å². The fourth-order valence-electron chi connectivity index (χ4n) is 5.40. The van der Waals surface area contributed by atoms with Crippen LogP contribution < -0.4 is 16.0 Å². The molecule has 3 aliphatic heterocycles. The molecule has 1 saturated carbocycles. The van der Waals surface area contributed by atoms with E-state index in [1.54, 1.807) is 6.07 Å². The SMILES string of the molecule is O=C(N[C@H](C(=O)Nc1ccc2c(c1)NC(=O)C21CCOCC1)C1CCCCC1)OC1COC1. The van der Waals surface area contributed by atoms with Gasteiger partial charge in [0, 0.05) is 24.6 Å². The van der Waals surface area contributed by atoms with Crippen LogP contribution in [0.3, 0.4) is 0 Å². The van der Waals surface area contributed by atoms with Crippen LogP contribution in [0.4, 0.5) is 16.2 Å². The van der Waals surface area contributed by atoms with E-state index in [1.807, 2.05) is 12.1 Å². The molecule has 3 fully saturated rings. The zero-order valence-corrected chi connectivity index (χ0v) is 18.7. The normalized spacial score (nSPS) is 23.2. The number of alkyl carbamates (subject to hydrolysis) is 1. The first-order chi connectivity index (χ1) is 16.0. The van der Waals surface area contributed by atoms with Gasteiger partial charge >= 0.3 is 6.09 Å².